The summed E-state index contributed by atoms with van der Waals surface area (Å²) in [6.07, 6.45) is 0. The van der Waals surface area contributed by atoms with Crippen LogP contribution in [0.1, 0.15) is 19.4 Å². The van der Waals surface area contributed by atoms with Crippen LogP contribution in [0.3, 0.4) is 0 Å². The lowest BCUT2D eigenvalue weighted by Crippen LogP contribution is -2.33. The van der Waals surface area contributed by atoms with Crippen LogP contribution in [0.5, 0.6) is 0 Å². The van der Waals surface area contributed by atoms with Crippen molar-refractivity contribution < 1.29 is 5.11 Å². The van der Waals surface area contributed by atoms with E-state index in [1.165, 1.54) is 5.56 Å². The zero-order chi connectivity index (χ0) is 11.3. The van der Waals surface area contributed by atoms with Gasteiger partial charge in [0.1, 0.15) is 0 Å². The van der Waals surface area contributed by atoms with Gasteiger partial charge >= 0.3 is 0 Å². The molecule has 1 aromatic rings. The van der Waals surface area contributed by atoms with Gasteiger partial charge in [-0.15, -0.1) is 0 Å². The SMILES string of the molecule is CC(CO)C(C)NCc1ccc(Cl)cc1. The normalized spacial score (nSPS) is 14.9. The summed E-state index contributed by atoms with van der Waals surface area (Å²) in [5, 5.41) is 13.1. The van der Waals surface area contributed by atoms with Crippen LogP contribution in [0, 0.1) is 5.92 Å². The molecule has 15 heavy (non-hydrogen) atoms. The summed E-state index contributed by atoms with van der Waals surface area (Å²) in [5.41, 5.74) is 1.20. The molecule has 84 valence electrons. The van der Waals surface area contributed by atoms with Crippen molar-refractivity contribution in [3.8, 4) is 0 Å². The highest BCUT2D eigenvalue weighted by atomic mass is 35.5. The van der Waals surface area contributed by atoms with Gasteiger partial charge in [-0.05, 0) is 30.5 Å². The Balaban J connectivity index is 2.40. The van der Waals surface area contributed by atoms with Crippen molar-refractivity contribution in [2.75, 3.05) is 6.61 Å². The van der Waals surface area contributed by atoms with E-state index in [2.05, 4.69) is 12.2 Å². The molecule has 0 aliphatic carbocycles. The minimum atomic E-state index is 0.217. The summed E-state index contributed by atoms with van der Waals surface area (Å²) in [7, 11) is 0. The lowest BCUT2D eigenvalue weighted by molar-refractivity contribution is 0.207. The number of hydrogen-bond acceptors (Lipinski definition) is 2. The first-order valence-corrected chi connectivity index (χ1v) is 5.60. The molecule has 0 amide bonds. The van der Waals surface area contributed by atoms with Gasteiger partial charge in [-0.25, -0.2) is 0 Å². The van der Waals surface area contributed by atoms with Crippen LogP contribution in [0.25, 0.3) is 0 Å². The minimum absolute atomic E-state index is 0.217. The lowest BCUT2D eigenvalue weighted by atomic mass is 10.0. The first-order valence-electron chi connectivity index (χ1n) is 5.22. The van der Waals surface area contributed by atoms with Gasteiger partial charge in [0.05, 0.1) is 0 Å². The predicted molar refractivity (Wildman–Crippen MR) is 64.0 cm³/mol. The zero-order valence-electron chi connectivity index (χ0n) is 9.20. The molecule has 3 heteroatoms. The second-order valence-corrected chi connectivity index (χ2v) is 4.39. The quantitative estimate of drug-likeness (QED) is 0.810. The first-order chi connectivity index (χ1) is 7.13. The molecule has 0 fully saturated rings. The van der Waals surface area contributed by atoms with Gasteiger partial charge in [-0.2, -0.15) is 0 Å². The average Bonchev–Trinajstić information content (AvgIpc) is 2.26. The van der Waals surface area contributed by atoms with E-state index in [0.29, 0.717) is 6.04 Å². The van der Waals surface area contributed by atoms with Gasteiger partial charge in [0.15, 0.2) is 0 Å². The van der Waals surface area contributed by atoms with Gasteiger partial charge in [-0.3, -0.25) is 0 Å². The van der Waals surface area contributed by atoms with Gasteiger partial charge in [0.25, 0.3) is 0 Å². The van der Waals surface area contributed by atoms with Crippen molar-refractivity contribution in [3.63, 3.8) is 0 Å². The third-order valence-corrected chi connectivity index (χ3v) is 2.93. The Bertz CT molecular complexity index is 286. The van der Waals surface area contributed by atoms with Crippen molar-refractivity contribution in [2.24, 2.45) is 5.92 Å². The molecule has 0 bridgehead atoms. The maximum atomic E-state index is 8.98. The van der Waals surface area contributed by atoms with E-state index in [0.717, 1.165) is 11.6 Å². The van der Waals surface area contributed by atoms with Crippen molar-refractivity contribution >= 4 is 11.6 Å². The molecule has 0 aliphatic heterocycles. The lowest BCUT2D eigenvalue weighted by Gasteiger charge is -2.19. The third-order valence-electron chi connectivity index (χ3n) is 2.68. The standard InChI is InChI=1S/C12H18ClNO/c1-9(8-15)10(2)14-7-11-3-5-12(13)6-4-11/h3-6,9-10,14-15H,7-8H2,1-2H3. The molecule has 0 saturated carbocycles. The van der Waals surface area contributed by atoms with Crippen LogP contribution in [0.2, 0.25) is 5.02 Å². The second-order valence-electron chi connectivity index (χ2n) is 3.96. The second kappa shape index (κ2) is 6.11. The summed E-state index contributed by atoms with van der Waals surface area (Å²) in [6, 6.07) is 8.10. The fourth-order valence-corrected chi connectivity index (χ4v) is 1.37. The Morgan fingerprint density at radius 3 is 2.40 bits per heavy atom. The van der Waals surface area contributed by atoms with E-state index < -0.39 is 0 Å². The highest BCUT2D eigenvalue weighted by molar-refractivity contribution is 6.30. The number of hydrogen-bond donors (Lipinski definition) is 2. The number of nitrogens with one attached hydrogen (secondary N) is 1. The Labute approximate surface area is 96.3 Å². The van der Waals surface area contributed by atoms with Crippen LogP contribution < -0.4 is 5.32 Å². The molecule has 2 unspecified atom stereocenters. The molecule has 2 atom stereocenters. The Morgan fingerprint density at radius 2 is 1.87 bits per heavy atom. The van der Waals surface area contributed by atoms with Gasteiger partial charge in [0.2, 0.25) is 0 Å². The largest absolute Gasteiger partial charge is 0.396 e. The molecule has 0 aliphatic rings. The summed E-state index contributed by atoms with van der Waals surface area (Å²) >= 11 is 5.79. The number of aliphatic hydroxyl groups excluding tert-OH is 1. The fraction of sp³-hybridized carbons (Fsp3) is 0.500. The zero-order valence-corrected chi connectivity index (χ0v) is 9.96. The Morgan fingerprint density at radius 1 is 1.27 bits per heavy atom. The third kappa shape index (κ3) is 4.20. The van der Waals surface area contributed by atoms with Crippen LogP contribution >= 0.6 is 11.6 Å². The molecule has 0 radical (unpaired) electrons. The van der Waals surface area contributed by atoms with E-state index in [1.54, 1.807) is 0 Å². The van der Waals surface area contributed by atoms with Crippen LogP contribution in [-0.4, -0.2) is 17.8 Å². The highest BCUT2D eigenvalue weighted by Crippen LogP contribution is 2.10. The minimum Gasteiger partial charge on any atom is -0.396 e. The highest BCUT2D eigenvalue weighted by Gasteiger charge is 2.09. The topological polar surface area (TPSA) is 32.3 Å². The summed E-state index contributed by atoms with van der Waals surface area (Å²) < 4.78 is 0. The molecule has 0 spiro atoms. The van der Waals surface area contributed by atoms with Gasteiger partial charge in [0, 0.05) is 24.2 Å². The Kier molecular flexibility index (Phi) is 5.09. The molecular formula is C12H18ClNO. The van der Waals surface area contributed by atoms with Crippen molar-refractivity contribution in [1.82, 2.24) is 5.32 Å². The van der Waals surface area contributed by atoms with Crippen LogP contribution in [0.15, 0.2) is 24.3 Å². The average molecular weight is 228 g/mol. The van der Waals surface area contributed by atoms with Crippen molar-refractivity contribution in [2.45, 2.75) is 26.4 Å². The van der Waals surface area contributed by atoms with E-state index in [9.17, 15) is 0 Å². The maximum Gasteiger partial charge on any atom is 0.0471 e. The molecule has 1 aromatic carbocycles. The van der Waals surface area contributed by atoms with Crippen LogP contribution in [0.4, 0.5) is 0 Å². The smallest absolute Gasteiger partial charge is 0.0471 e. The number of benzene rings is 1. The summed E-state index contributed by atoms with van der Waals surface area (Å²) in [5.74, 6) is 0.275. The number of aliphatic hydroxyl groups is 1. The van der Waals surface area contributed by atoms with Crippen molar-refractivity contribution in [3.05, 3.63) is 34.9 Å². The molecule has 0 heterocycles. The molecule has 0 saturated heterocycles. The van der Waals surface area contributed by atoms with Crippen molar-refractivity contribution in [1.29, 1.82) is 0 Å². The molecule has 2 N–H and O–H groups in total. The van der Waals surface area contributed by atoms with Gasteiger partial charge in [-0.1, -0.05) is 30.7 Å². The summed E-state index contributed by atoms with van der Waals surface area (Å²) in [6.45, 7) is 5.13. The molecular weight excluding hydrogens is 210 g/mol. The van der Waals surface area contributed by atoms with E-state index in [1.807, 2.05) is 31.2 Å². The number of halogens is 1. The monoisotopic (exact) mass is 227 g/mol. The predicted octanol–water partition coefficient (Wildman–Crippen LogP) is 2.45. The van der Waals surface area contributed by atoms with E-state index in [4.69, 9.17) is 16.7 Å². The Hall–Kier alpha value is -0.570. The van der Waals surface area contributed by atoms with Crippen LogP contribution in [-0.2, 0) is 6.54 Å². The summed E-state index contributed by atoms with van der Waals surface area (Å²) in [4.78, 5) is 0. The van der Waals surface area contributed by atoms with E-state index >= 15 is 0 Å². The molecule has 2 nitrogen and oxygen atoms in total. The fourth-order valence-electron chi connectivity index (χ4n) is 1.24. The molecule has 1 rings (SSSR count). The van der Waals surface area contributed by atoms with E-state index in [-0.39, 0.29) is 12.5 Å². The first kappa shape index (κ1) is 12.5. The van der Waals surface area contributed by atoms with Gasteiger partial charge < -0.3 is 10.4 Å². The number of rotatable bonds is 5. The molecule has 0 aromatic heterocycles. The maximum absolute atomic E-state index is 8.98.